The van der Waals surface area contributed by atoms with Crippen molar-refractivity contribution in [3.05, 3.63) is 28.8 Å². The highest BCUT2D eigenvalue weighted by atomic mass is 16.3. The number of rotatable bonds is 1. The highest BCUT2D eigenvalue weighted by molar-refractivity contribution is 6.57. The Kier molecular flexibility index (Phi) is 3.47. The maximum atomic E-state index is 10.7. The van der Waals surface area contributed by atoms with Crippen molar-refractivity contribution in [3.63, 3.8) is 0 Å². The van der Waals surface area contributed by atoms with Crippen LogP contribution < -0.4 is 0 Å². The molecule has 0 aromatic heterocycles. The van der Waals surface area contributed by atoms with Gasteiger partial charge in [-0.2, -0.15) is 0 Å². The number of aromatic hydroxyl groups is 1. The smallest absolute Gasteiger partial charge is 0.305 e. The summed E-state index contributed by atoms with van der Waals surface area (Å²) in [5.41, 5.74) is 2.08. The van der Waals surface area contributed by atoms with Crippen LogP contribution in [0.4, 0.5) is 0 Å². The van der Waals surface area contributed by atoms with E-state index in [4.69, 9.17) is 0 Å². The normalized spacial score (nSPS) is 27.9. The van der Waals surface area contributed by atoms with Crippen molar-refractivity contribution >= 4 is 6.92 Å². The van der Waals surface area contributed by atoms with Crippen LogP contribution in [0, 0.1) is 19.3 Å². The Morgan fingerprint density at radius 2 is 1.50 bits per heavy atom. The van der Waals surface area contributed by atoms with Crippen LogP contribution in [0.1, 0.15) is 50.2 Å². The van der Waals surface area contributed by atoms with Crippen molar-refractivity contribution in [1.29, 1.82) is 0 Å². The number of aliphatic hydroxyl groups excluding tert-OH is 1. The van der Waals surface area contributed by atoms with Crippen molar-refractivity contribution in [3.8, 4) is 5.75 Å². The topological polar surface area (TPSA) is 60.7 Å². The molecule has 1 aliphatic rings. The minimum atomic E-state index is -0.615. The van der Waals surface area contributed by atoms with Crippen molar-refractivity contribution in [2.75, 3.05) is 0 Å². The first kappa shape index (κ1) is 15.4. The predicted molar refractivity (Wildman–Crippen MR) is 82.1 cm³/mol. The van der Waals surface area contributed by atoms with E-state index in [0.717, 1.165) is 16.7 Å². The molecule has 2 unspecified atom stereocenters. The average Bonchev–Trinajstić information content (AvgIpc) is 2.45. The average molecular weight is 276 g/mol. The van der Waals surface area contributed by atoms with Gasteiger partial charge in [0.25, 0.3) is 0 Å². The van der Waals surface area contributed by atoms with Gasteiger partial charge < -0.3 is 15.2 Å². The summed E-state index contributed by atoms with van der Waals surface area (Å²) in [6, 6.07) is 3.74. The second-order valence-corrected chi connectivity index (χ2v) is 7.36. The van der Waals surface area contributed by atoms with Crippen molar-refractivity contribution in [2.24, 2.45) is 5.41 Å². The lowest BCUT2D eigenvalue weighted by molar-refractivity contribution is 0.0406. The molecule has 2 rings (SSSR count). The Hall–Kier alpha value is -0.995. The van der Waals surface area contributed by atoms with Crippen molar-refractivity contribution in [2.45, 2.75) is 58.8 Å². The molecule has 1 aromatic carbocycles. The molecule has 0 aliphatic carbocycles. The summed E-state index contributed by atoms with van der Waals surface area (Å²) in [7, 11) is 0. The van der Waals surface area contributed by atoms with E-state index in [0.29, 0.717) is 0 Å². The minimum absolute atomic E-state index is 0.286. The van der Waals surface area contributed by atoms with Crippen LogP contribution in [0.3, 0.4) is 0 Å². The molecule has 1 heterocycles. The van der Waals surface area contributed by atoms with E-state index >= 15 is 0 Å². The van der Waals surface area contributed by atoms with E-state index in [1.54, 1.807) is 0 Å². The van der Waals surface area contributed by atoms with E-state index in [2.05, 4.69) is 0 Å². The Labute approximate surface area is 121 Å². The molecular weight excluding hydrogens is 251 g/mol. The summed E-state index contributed by atoms with van der Waals surface area (Å²) in [5.74, 6) is -0.0350. The zero-order valence-corrected chi connectivity index (χ0v) is 13.2. The molecule has 1 aromatic rings. The van der Waals surface area contributed by atoms with Gasteiger partial charge in [0.15, 0.2) is 0 Å². The summed E-state index contributed by atoms with van der Waals surface area (Å²) >= 11 is 0. The van der Waals surface area contributed by atoms with Gasteiger partial charge in [-0.25, -0.2) is 0 Å². The second-order valence-electron chi connectivity index (χ2n) is 7.36. The quantitative estimate of drug-likeness (QED) is 0.691. The fraction of sp³-hybridized carbons (Fsp3) is 0.625. The molecule has 20 heavy (non-hydrogen) atoms. The van der Waals surface area contributed by atoms with E-state index in [1.807, 2.05) is 53.7 Å². The summed E-state index contributed by atoms with van der Waals surface area (Å²) < 4.78 is 0. The first-order valence-corrected chi connectivity index (χ1v) is 7.18. The molecule has 4 heteroatoms. The summed E-state index contributed by atoms with van der Waals surface area (Å²) in [6.07, 6.45) is -0.615. The Balaban J connectivity index is 2.54. The Bertz CT molecular complexity index is 494. The third-order valence-corrected chi connectivity index (χ3v) is 5.72. The first-order valence-electron chi connectivity index (χ1n) is 7.18. The number of benzene rings is 1. The zero-order valence-electron chi connectivity index (χ0n) is 13.2. The van der Waals surface area contributed by atoms with Crippen LogP contribution in [0.5, 0.6) is 5.75 Å². The maximum absolute atomic E-state index is 10.7. The van der Waals surface area contributed by atoms with Gasteiger partial charge in [0.2, 0.25) is 0 Å². The first-order chi connectivity index (χ1) is 9.01. The number of aryl methyl sites for hydroxylation is 2. The van der Waals surface area contributed by atoms with Crippen LogP contribution in [-0.2, 0) is 0 Å². The van der Waals surface area contributed by atoms with E-state index < -0.39 is 13.0 Å². The standard InChI is InChI=1S/C16H25BO3/c1-9-7-11(8-10(2)13(9)18)12-14(19)15(3,4)16(5,6)17(12)20/h7-8,12,14,18-20H,1-6H3. The lowest BCUT2D eigenvalue weighted by Gasteiger charge is -2.37. The second kappa shape index (κ2) is 4.50. The van der Waals surface area contributed by atoms with Gasteiger partial charge in [-0.15, -0.1) is 0 Å². The lowest BCUT2D eigenvalue weighted by Crippen LogP contribution is -2.34. The molecule has 0 radical (unpaired) electrons. The molecule has 1 aliphatic heterocycles. The summed E-state index contributed by atoms with van der Waals surface area (Å²) in [5, 5.41) is 30.9. The highest BCUT2D eigenvalue weighted by Gasteiger charge is 2.62. The molecule has 3 nitrogen and oxygen atoms in total. The van der Waals surface area contributed by atoms with Gasteiger partial charge in [0, 0.05) is 5.82 Å². The van der Waals surface area contributed by atoms with Gasteiger partial charge in [0.05, 0.1) is 6.10 Å². The molecule has 1 saturated heterocycles. The molecule has 2 atom stereocenters. The molecule has 0 saturated carbocycles. The molecule has 0 bridgehead atoms. The van der Waals surface area contributed by atoms with Crippen molar-refractivity contribution < 1.29 is 15.2 Å². The lowest BCUT2D eigenvalue weighted by atomic mass is 9.41. The van der Waals surface area contributed by atoms with Crippen LogP contribution in [0.2, 0.25) is 5.31 Å². The van der Waals surface area contributed by atoms with E-state index in [9.17, 15) is 15.2 Å². The fourth-order valence-electron chi connectivity index (χ4n) is 3.38. The summed E-state index contributed by atoms with van der Waals surface area (Å²) in [4.78, 5) is 0. The number of phenols is 1. The van der Waals surface area contributed by atoms with Gasteiger partial charge in [-0.05, 0) is 41.3 Å². The van der Waals surface area contributed by atoms with Gasteiger partial charge in [-0.1, -0.05) is 39.8 Å². The molecule has 110 valence electrons. The fourth-order valence-corrected chi connectivity index (χ4v) is 3.38. The highest BCUT2D eigenvalue weighted by Crippen LogP contribution is 2.60. The molecule has 1 fully saturated rings. The van der Waals surface area contributed by atoms with Gasteiger partial charge in [-0.3, -0.25) is 0 Å². The number of hydrogen-bond acceptors (Lipinski definition) is 3. The molecule has 0 spiro atoms. The maximum Gasteiger partial charge on any atom is 0.305 e. The largest absolute Gasteiger partial charge is 0.507 e. The molecule has 0 amide bonds. The van der Waals surface area contributed by atoms with Crippen LogP contribution in [0.15, 0.2) is 12.1 Å². The monoisotopic (exact) mass is 276 g/mol. The van der Waals surface area contributed by atoms with Crippen LogP contribution in [0.25, 0.3) is 0 Å². The van der Waals surface area contributed by atoms with E-state index in [1.165, 1.54) is 0 Å². The number of hydrogen-bond donors (Lipinski definition) is 3. The van der Waals surface area contributed by atoms with E-state index in [-0.39, 0.29) is 22.3 Å². The van der Waals surface area contributed by atoms with Crippen LogP contribution in [-0.4, -0.2) is 28.3 Å². The van der Waals surface area contributed by atoms with Crippen LogP contribution >= 0.6 is 0 Å². The number of phenolic OH excluding ortho intramolecular Hbond substituents is 1. The molecule has 3 N–H and O–H groups in total. The molecular formula is C16H25BO3. The van der Waals surface area contributed by atoms with Gasteiger partial charge >= 0.3 is 6.92 Å². The third kappa shape index (κ3) is 1.89. The Morgan fingerprint density at radius 3 is 1.85 bits per heavy atom. The predicted octanol–water partition coefficient (Wildman–Crippen LogP) is 2.80. The summed E-state index contributed by atoms with van der Waals surface area (Å²) in [6.45, 7) is 11.1. The third-order valence-electron chi connectivity index (χ3n) is 5.72. The van der Waals surface area contributed by atoms with Gasteiger partial charge in [0.1, 0.15) is 5.75 Å². The SMILES string of the molecule is Cc1cc(C2B(O)C(C)(C)C(C)(C)C2O)cc(C)c1O. The van der Waals surface area contributed by atoms with Crippen molar-refractivity contribution in [1.82, 2.24) is 0 Å². The number of aliphatic hydroxyl groups is 1. The minimum Gasteiger partial charge on any atom is -0.507 e. The zero-order chi connectivity index (χ0) is 15.5. The Morgan fingerprint density at radius 1 is 1.05 bits per heavy atom.